The molecule has 1 saturated heterocycles. The van der Waals surface area contributed by atoms with Gasteiger partial charge in [-0.25, -0.2) is 14.1 Å². The number of nitrogens with two attached hydrogens (primary N) is 1. The third-order valence-corrected chi connectivity index (χ3v) is 12.7. The fourth-order valence-electron chi connectivity index (χ4n) is 7.61. The smallest absolute Gasteiger partial charge is 0.459 e. The monoisotopic (exact) mass is 783 g/mol. The molecule has 2 aromatic heterocycles. The molecular weight excluding hydrogens is 729 g/mol. The number of ether oxygens (including phenoxy) is 4. The number of anilines is 1. The number of nitrogen functional groups attached to an aromatic ring is 1. The standard InChI is InChI=1S/C39H54N5O10P/c1-22(2)33(45)50-31-30(28-19-20-29-32(40)41-21-42-44(28)29)51-38(9)36(39(31,38)52-34(46)23(3)4)54-55(48,53-27-13-11-10-12-14-27)43-24(5)35(47)49-26-17-15-25(16-18-26)37(6,7)8/h10-14,19-26,30-31,36H,15-18H2,1-9H3,(H,43,48)(H2,40,41,42)/t24-,25?,26?,30-,31-,36?,38+,39+,55+/m0/s1. The van der Waals surface area contributed by atoms with Gasteiger partial charge in [0.15, 0.2) is 11.9 Å². The second-order valence-electron chi connectivity index (χ2n) is 16.7. The van der Waals surface area contributed by atoms with E-state index in [1.807, 2.05) is 0 Å². The van der Waals surface area contributed by atoms with Gasteiger partial charge in [0.25, 0.3) is 0 Å². The van der Waals surface area contributed by atoms with Crippen molar-refractivity contribution >= 4 is 37.0 Å². The number of carbonyl (C=O) groups excluding carboxylic acids is 3. The molecule has 7 atom stereocenters. The van der Waals surface area contributed by atoms with Gasteiger partial charge >= 0.3 is 25.7 Å². The Morgan fingerprint density at radius 2 is 1.60 bits per heavy atom. The minimum Gasteiger partial charge on any atom is -0.461 e. The van der Waals surface area contributed by atoms with Crippen molar-refractivity contribution in [1.82, 2.24) is 19.7 Å². The summed E-state index contributed by atoms with van der Waals surface area (Å²) in [5.41, 5.74) is 3.85. The van der Waals surface area contributed by atoms with Crippen LogP contribution in [0, 0.1) is 23.2 Å². The lowest BCUT2D eigenvalue weighted by atomic mass is 9.72. The SMILES string of the molecule is CC(C)C(=O)O[C@H]1[C@H](c2ccc3c(N)ncnn23)O[C@]2(C)C(O[P@@](=O)(N[C@@H](C)C(=O)OC3CCC(C(C)(C)C)CC3)Oc3ccccc3)[C@]12OC(=O)C(C)C. The van der Waals surface area contributed by atoms with Crippen LogP contribution in [0.5, 0.6) is 5.75 Å². The minimum atomic E-state index is -4.55. The first-order valence-electron chi connectivity index (χ1n) is 19.0. The molecule has 3 aliphatic rings. The number of hydrogen-bond donors (Lipinski definition) is 2. The summed E-state index contributed by atoms with van der Waals surface area (Å²) >= 11 is 0. The van der Waals surface area contributed by atoms with E-state index in [0.29, 0.717) is 17.1 Å². The van der Waals surface area contributed by atoms with Crippen molar-refractivity contribution in [2.75, 3.05) is 5.73 Å². The minimum absolute atomic E-state index is 0.162. The fraction of sp³-hybridized carbons (Fsp3) is 0.615. The van der Waals surface area contributed by atoms with Crippen LogP contribution in [0.25, 0.3) is 5.52 Å². The molecule has 0 radical (unpaired) electrons. The number of nitrogens with zero attached hydrogens (tertiary/aromatic N) is 3. The van der Waals surface area contributed by atoms with E-state index < -0.39 is 73.0 Å². The third kappa shape index (κ3) is 7.85. The molecule has 1 unspecified atom stereocenters. The molecule has 3 aromatic rings. The van der Waals surface area contributed by atoms with Gasteiger partial charge in [-0.05, 0) is 75.1 Å². The summed E-state index contributed by atoms with van der Waals surface area (Å²) in [6.07, 6.45) is 0.647. The van der Waals surface area contributed by atoms with E-state index in [-0.39, 0.29) is 23.1 Å². The lowest BCUT2D eigenvalue weighted by Crippen LogP contribution is -2.45. The Morgan fingerprint density at radius 1 is 0.945 bits per heavy atom. The second-order valence-corrected chi connectivity index (χ2v) is 18.4. The number of benzene rings is 1. The number of fused-ring (bicyclic) bond motifs is 2. The first-order valence-corrected chi connectivity index (χ1v) is 20.5. The lowest BCUT2D eigenvalue weighted by Gasteiger charge is -2.37. The maximum Gasteiger partial charge on any atom is 0.459 e. The molecule has 55 heavy (non-hydrogen) atoms. The number of esters is 3. The van der Waals surface area contributed by atoms with Crippen LogP contribution in [-0.2, 0) is 42.4 Å². The van der Waals surface area contributed by atoms with Crippen LogP contribution in [0.15, 0.2) is 48.8 Å². The summed E-state index contributed by atoms with van der Waals surface area (Å²) in [4.78, 5) is 44.5. The molecule has 0 spiro atoms. The maximum absolute atomic E-state index is 15.0. The highest BCUT2D eigenvalue weighted by Crippen LogP contribution is 2.71. The van der Waals surface area contributed by atoms with Crippen molar-refractivity contribution < 1.29 is 46.9 Å². The molecule has 2 saturated carbocycles. The number of rotatable bonds is 13. The fourth-order valence-corrected chi connectivity index (χ4v) is 9.39. The zero-order valence-corrected chi connectivity index (χ0v) is 33.9. The van der Waals surface area contributed by atoms with Crippen molar-refractivity contribution in [2.45, 2.75) is 130 Å². The topological polar surface area (TPSA) is 192 Å². The molecule has 6 rings (SSSR count). The van der Waals surface area contributed by atoms with Crippen LogP contribution in [0.1, 0.15) is 99.8 Å². The highest BCUT2D eigenvalue weighted by molar-refractivity contribution is 7.52. The Hall–Kier alpha value is -4.04. The largest absolute Gasteiger partial charge is 0.461 e. The van der Waals surface area contributed by atoms with Crippen LogP contribution >= 0.6 is 7.75 Å². The highest BCUT2D eigenvalue weighted by Gasteiger charge is 2.91. The van der Waals surface area contributed by atoms with Crippen LogP contribution in [0.2, 0.25) is 0 Å². The molecule has 16 heteroatoms. The molecule has 3 fully saturated rings. The molecule has 3 heterocycles. The van der Waals surface area contributed by atoms with Gasteiger partial charge in [0.1, 0.15) is 47.5 Å². The molecule has 2 aliphatic carbocycles. The Bertz CT molecular complexity index is 1940. The average Bonchev–Trinajstić information content (AvgIpc) is 3.38. The lowest BCUT2D eigenvalue weighted by molar-refractivity contribution is -0.181. The van der Waals surface area contributed by atoms with Crippen molar-refractivity contribution in [3.63, 3.8) is 0 Å². The molecule has 1 aliphatic heterocycles. The van der Waals surface area contributed by atoms with Gasteiger partial charge in [-0.3, -0.25) is 18.9 Å². The van der Waals surface area contributed by atoms with Gasteiger partial charge in [-0.2, -0.15) is 10.2 Å². The maximum atomic E-state index is 15.0. The van der Waals surface area contributed by atoms with Gasteiger partial charge in [-0.1, -0.05) is 66.7 Å². The average molecular weight is 784 g/mol. The first kappa shape index (κ1) is 40.6. The van der Waals surface area contributed by atoms with Gasteiger partial charge in [0.2, 0.25) is 5.60 Å². The summed E-state index contributed by atoms with van der Waals surface area (Å²) in [6, 6.07) is 10.6. The summed E-state index contributed by atoms with van der Waals surface area (Å²) in [5, 5.41) is 7.12. The van der Waals surface area contributed by atoms with Crippen molar-refractivity contribution in [3.05, 3.63) is 54.5 Å². The quantitative estimate of drug-likeness (QED) is 0.111. The van der Waals surface area contributed by atoms with Crippen molar-refractivity contribution in [2.24, 2.45) is 23.2 Å². The summed E-state index contributed by atoms with van der Waals surface area (Å²) < 4.78 is 53.9. The number of nitrogens with one attached hydrogen (secondary N) is 1. The molecule has 300 valence electrons. The summed E-state index contributed by atoms with van der Waals surface area (Å²) in [5.74, 6) is -2.12. The van der Waals surface area contributed by atoms with Gasteiger partial charge in [0.05, 0.1) is 17.5 Å². The van der Waals surface area contributed by atoms with E-state index >= 15 is 0 Å². The Labute approximate surface area is 321 Å². The number of para-hydroxylation sites is 1. The predicted molar refractivity (Wildman–Crippen MR) is 201 cm³/mol. The molecule has 3 N–H and O–H groups in total. The zero-order chi connectivity index (χ0) is 40.1. The van der Waals surface area contributed by atoms with Crippen molar-refractivity contribution in [3.8, 4) is 5.75 Å². The van der Waals surface area contributed by atoms with Crippen molar-refractivity contribution in [1.29, 1.82) is 0 Å². The zero-order valence-electron chi connectivity index (χ0n) is 33.0. The molecule has 0 amide bonds. The van der Waals surface area contributed by atoms with E-state index in [9.17, 15) is 18.9 Å². The number of hydrogen-bond acceptors (Lipinski definition) is 13. The van der Waals surface area contributed by atoms with E-state index in [2.05, 4.69) is 35.9 Å². The molecule has 15 nitrogen and oxygen atoms in total. The first-order chi connectivity index (χ1) is 25.8. The second kappa shape index (κ2) is 15.1. The van der Waals surface area contributed by atoms with Crippen LogP contribution in [-0.4, -0.2) is 68.1 Å². The molecule has 0 bridgehead atoms. The summed E-state index contributed by atoms with van der Waals surface area (Å²) in [6.45, 7) is 16.5. The van der Waals surface area contributed by atoms with Gasteiger partial charge < -0.3 is 29.2 Å². The van der Waals surface area contributed by atoms with E-state index in [1.165, 1.54) is 17.8 Å². The van der Waals surface area contributed by atoms with E-state index in [1.54, 1.807) is 77.1 Å². The van der Waals surface area contributed by atoms with Crippen LogP contribution in [0.3, 0.4) is 0 Å². The van der Waals surface area contributed by atoms with Crippen LogP contribution in [0.4, 0.5) is 5.82 Å². The third-order valence-electron chi connectivity index (χ3n) is 11.0. The van der Waals surface area contributed by atoms with E-state index in [0.717, 1.165) is 25.7 Å². The van der Waals surface area contributed by atoms with E-state index in [4.69, 9.17) is 33.7 Å². The molecule has 1 aromatic carbocycles. The van der Waals surface area contributed by atoms with Gasteiger partial charge in [0, 0.05) is 0 Å². The summed E-state index contributed by atoms with van der Waals surface area (Å²) in [7, 11) is -4.55. The predicted octanol–water partition coefficient (Wildman–Crippen LogP) is 6.36. The Kier molecular flexibility index (Phi) is 11.2. The highest BCUT2D eigenvalue weighted by atomic mass is 31.2. The number of carbonyl (C=O) groups is 3. The van der Waals surface area contributed by atoms with Crippen LogP contribution < -0.4 is 15.3 Å². The normalized spacial score (nSPS) is 29.3. The molecular formula is C39H54N5O10P. The Morgan fingerprint density at radius 3 is 2.22 bits per heavy atom. The van der Waals surface area contributed by atoms with Gasteiger partial charge in [-0.15, -0.1) is 0 Å². The number of aromatic nitrogens is 3. The Balaban J connectivity index is 1.33.